The number of hydrogen-bond acceptors (Lipinski definition) is 6. The summed E-state index contributed by atoms with van der Waals surface area (Å²) in [6.07, 6.45) is 8.35. The molecule has 1 fully saturated rings. The molecule has 33 heavy (non-hydrogen) atoms. The first-order valence-corrected chi connectivity index (χ1v) is 12.1. The second-order valence-corrected chi connectivity index (χ2v) is 9.45. The summed E-state index contributed by atoms with van der Waals surface area (Å²) < 4.78 is 0. The van der Waals surface area contributed by atoms with Gasteiger partial charge in [-0.15, -0.1) is 0 Å². The summed E-state index contributed by atoms with van der Waals surface area (Å²) in [7, 11) is 4.11. The lowest BCUT2D eigenvalue weighted by atomic mass is 9.91. The van der Waals surface area contributed by atoms with Crippen molar-refractivity contribution in [3.63, 3.8) is 0 Å². The number of carbonyl (C=O) groups is 1. The summed E-state index contributed by atoms with van der Waals surface area (Å²) in [6, 6.07) is 12.1. The number of para-hydroxylation sites is 1. The van der Waals surface area contributed by atoms with Crippen LogP contribution < -0.4 is 15.5 Å². The van der Waals surface area contributed by atoms with E-state index in [2.05, 4.69) is 34.6 Å². The van der Waals surface area contributed by atoms with Crippen molar-refractivity contribution in [2.24, 2.45) is 0 Å². The number of carbonyl (C=O) groups excluding carboxylic acids is 1. The smallest absolute Gasteiger partial charge is 0.270 e. The highest BCUT2D eigenvalue weighted by Gasteiger charge is 2.25. The van der Waals surface area contributed by atoms with Gasteiger partial charge in [0.15, 0.2) is 0 Å². The van der Waals surface area contributed by atoms with E-state index in [1.54, 1.807) is 6.07 Å². The average Bonchev–Trinajstić information content (AvgIpc) is 2.84. The first kappa shape index (κ1) is 21.6. The van der Waals surface area contributed by atoms with Crippen LogP contribution in [0.3, 0.4) is 0 Å². The third-order valence-corrected chi connectivity index (χ3v) is 6.81. The monoisotopic (exact) mass is 444 g/mol. The Kier molecular flexibility index (Phi) is 6.11. The third-order valence-electron chi connectivity index (χ3n) is 6.81. The molecule has 0 aliphatic heterocycles. The molecule has 2 aliphatic carbocycles. The molecule has 2 aromatic heterocycles. The fraction of sp³-hybridized carbons (Fsp3) is 0.462. The highest BCUT2D eigenvalue weighted by Crippen LogP contribution is 2.29. The van der Waals surface area contributed by atoms with Gasteiger partial charge in [0.05, 0.1) is 11.2 Å². The molecule has 0 bridgehead atoms. The number of nitrogens with one attached hydrogen (secondary N) is 2. The SMILES string of the molecule is CN(C)c1nc(NC2CCC(NC(=O)c3ccc4ccccc4n3)CC2)nc2c1CCCC2. The maximum absolute atomic E-state index is 12.8. The Hall–Kier alpha value is -3.22. The Labute approximate surface area is 195 Å². The molecule has 5 rings (SSSR count). The van der Waals surface area contributed by atoms with E-state index in [0.717, 1.165) is 61.2 Å². The Morgan fingerprint density at radius 2 is 1.67 bits per heavy atom. The molecule has 0 saturated heterocycles. The zero-order valence-corrected chi connectivity index (χ0v) is 19.5. The molecule has 0 unspecified atom stereocenters. The number of anilines is 2. The van der Waals surface area contributed by atoms with Crippen molar-refractivity contribution in [3.8, 4) is 0 Å². The van der Waals surface area contributed by atoms with E-state index >= 15 is 0 Å². The third kappa shape index (κ3) is 4.77. The fourth-order valence-electron chi connectivity index (χ4n) is 5.03. The summed E-state index contributed by atoms with van der Waals surface area (Å²) >= 11 is 0. The van der Waals surface area contributed by atoms with Gasteiger partial charge in [0.2, 0.25) is 5.95 Å². The molecule has 1 saturated carbocycles. The molecular formula is C26H32N6O. The number of pyridine rings is 1. The maximum Gasteiger partial charge on any atom is 0.270 e. The van der Waals surface area contributed by atoms with Crippen LogP contribution in [0.1, 0.15) is 60.3 Å². The second-order valence-electron chi connectivity index (χ2n) is 9.45. The van der Waals surface area contributed by atoms with E-state index in [1.165, 1.54) is 24.1 Å². The van der Waals surface area contributed by atoms with E-state index < -0.39 is 0 Å². The zero-order valence-electron chi connectivity index (χ0n) is 19.5. The van der Waals surface area contributed by atoms with Gasteiger partial charge >= 0.3 is 0 Å². The van der Waals surface area contributed by atoms with Crippen LogP contribution in [0.15, 0.2) is 36.4 Å². The molecule has 7 heteroatoms. The minimum atomic E-state index is -0.0918. The molecule has 1 aromatic carbocycles. The Bertz CT molecular complexity index is 1150. The van der Waals surface area contributed by atoms with Gasteiger partial charge in [-0.2, -0.15) is 4.98 Å². The predicted molar refractivity (Wildman–Crippen MR) is 132 cm³/mol. The van der Waals surface area contributed by atoms with Gasteiger partial charge < -0.3 is 15.5 Å². The van der Waals surface area contributed by atoms with Crippen molar-refractivity contribution in [2.75, 3.05) is 24.3 Å². The molecule has 2 N–H and O–H groups in total. The highest BCUT2D eigenvalue weighted by molar-refractivity contribution is 5.95. The molecule has 2 heterocycles. The zero-order chi connectivity index (χ0) is 22.8. The van der Waals surface area contributed by atoms with Crippen LogP contribution in [0.25, 0.3) is 10.9 Å². The van der Waals surface area contributed by atoms with Crippen LogP contribution in [-0.4, -0.2) is 47.0 Å². The van der Waals surface area contributed by atoms with Crippen molar-refractivity contribution < 1.29 is 4.79 Å². The molecule has 1 amide bonds. The Morgan fingerprint density at radius 3 is 2.48 bits per heavy atom. The van der Waals surface area contributed by atoms with Gasteiger partial charge in [0.25, 0.3) is 5.91 Å². The van der Waals surface area contributed by atoms with Crippen LogP contribution >= 0.6 is 0 Å². The standard InChI is InChI=1S/C26H32N6O/c1-32(2)24-20-8-4-6-10-22(20)30-26(31-24)28-19-14-12-18(13-15-19)27-25(33)23-16-11-17-7-3-5-9-21(17)29-23/h3,5,7,9,11,16,18-19H,4,6,8,10,12-15H2,1-2H3,(H,27,33)(H,28,30,31). The molecule has 172 valence electrons. The van der Waals surface area contributed by atoms with Crippen LogP contribution in [0.2, 0.25) is 0 Å². The lowest BCUT2D eigenvalue weighted by Gasteiger charge is -2.30. The maximum atomic E-state index is 12.8. The molecular weight excluding hydrogens is 412 g/mol. The minimum absolute atomic E-state index is 0.0918. The Balaban J connectivity index is 1.19. The number of benzene rings is 1. The number of aromatic nitrogens is 3. The first-order valence-electron chi connectivity index (χ1n) is 12.1. The summed E-state index contributed by atoms with van der Waals surface area (Å²) in [5.74, 6) is 1.70. The summed E-state index contributed by atoms with van der Waals surface area (Å²) in [5, 5.41) is 7.80. The number of nitrogens with zero attached hydrogens (tertiary/aromatic N) is 4. The average molecular weight is 445 g/mol. The van der Waals surface area contributed by atoms with E-state index in [-0.39, 0.29) is 11.9 Å². The number of amides is 1. The summed E-state index contributed by atoms with van der Waals surface area (Å²) in [5.41, 5.74) is 3.84. The van der Waals surface area contributed by atoms with Gasteiger partial charge in [-0.25, -0.2) is 9.97 Å². The molecule has 2 aliphatic rings. The van der Waals surface area contributed by atoms with Crippen molar-refractivity contribution >= 4 is 28.6 Å². The van der Waals surface area contributed by atoms with Crippen molar-refractivity contribution in [2.45, 2.75) is 63.5 Å². The lowest BCUT2D eigenvalue weighted by Crippen LogP contribution is -2.40. The second kappa shape index (κ2) is 9.33. The van der Waals surface area contributed by atoms with Crippen molar-refractivity contribution in [3.05, 3.63) is 53.3 Å². The fourth-order valence-corrected chi connectivity index (χ4v) is 5.03. The molecule has 0 atom stereocenters. The minimum Gasteiger partial charge on any atom is -0.362 e. The van der Waals surface area contributed by atoms with Crippen LogP contribution in [0.5, 0.6) is 0 Å². The van der Waals surface area contributed by atoms with Crippen molar-refractivity contribution in [1.29, 1.82) is 0 Å². The largest absolute Gasteiger partial charge is 0.362 e. The number of aryl methyl sites for hydroxylation is 1. The molecule has 3 aromatic rings. The van der Waals surface area contributed by atoms with Crippen molar-refractivity contribution in [1.82, 2.24) is 20.3 Å². The number of rotatable bonds is 5. The van der Waals surface area contributed by atoms with Crippen LogP contribution in [-0.2, 0) is 12.8 Å². The van der Waals surface area contributed by atoms with E-state index in [4.69, 9.17) is 9.97 Å². The molecule has 7 nitrogen and oxygen atoms in total. The summed E-state index contributed by atoms with van der Waals surface area (Å²) in [4.78, 5) is 29.1. The summed E-state index contributed by atoms with van der Waals surface area (Å²) in [6.45, 7) is 0. The topological polar surface area (TPSA) is 83.0 Å². The Morgan fingerprint density at radius 1 is 0.909 bits per heavy atom. The van der Waals surface area contributed by atoms with E-state index in [9.17, 15) is 4.79 Å². The lowest BCUT2D eigenvalue weighted by molar-refractivity contribution is 0.0922. The van der Waals surface area contributed by atoms with Gasteiger partial charge in [0.1, 0.15) is 11.5 Å². The van der Waals surface area contributed by atoms with Gasteiger partial charge in [0, 0.05) is 37.1 Å². The predicted octanol–water partition coefficient (Wildman–Crippen LogP) is 4.12. The quantitative estimate of drug-likeness (QED) is 0.616. The first-order chi connectivity index (χ1) is 16.1. The molecule has 0 radical (unpaired) electrons. The normalized spacial score (nSPS) is 20.2. The van der Waals surface area contributed by atoms with Crippen LogP contribution in [0, 0.1) is 0 Å². The molecule has 0 spiro atoms. The number of fused-ring (bicyclic) bond motifs is 2. The van der Waals surface area contributed by atoms with E-state index in [0.29, 0.717) is 11.7 Å². The van der Waals surface area contributed by atoms with Gasteiger partial charge in [-0.05, 0) is 63.5 Å². The van der Waals surface area contributed by atoms with Gasteiger partial charge in [-0.3, -0.25) is 4.79 Å². The van der Waals surface area contributed by atoms with Gasteiger partial charge in [-0.1, -0.05) is 24.3 Å². The highest BCUT2D eigenvalue weighted by atomic mass is 16.1. The van der Waals surface area contributed by atoms with Crippen LogP contribution in [0.4, 0.5) is 11.8 Å². The number of hydrogen-bond donors (Lipinski definition) is 2. The van der Waals surface area contributed by atoms with E-state index in [1.807, 2.05) is 30.3 Å².